The Hall–Kier alpha value is -1.36. The van der Waals surface area contributed by atoms with Gasteiger partial charge in [-0.25, -0.2) is 0 Å². The summed E-state index contributed by atoms with van der Waals surface area (Å²) in [5.41, 5.74) is 0. The van der Waals surface area contributed by atoms with Crippen molar-refractivity contribution >= 4 is 11.7 Å². The topological polar surface area (TPSA) is 64.4 Å². The zero-order valence-corrected chi connectivity index (χ0v) is 7.90. The zero-order chi connectivity index (χ0) is 9.97. The van der Waals surface area contributed by atoms with Gasteiger partial charge in [-0.05, 0) is 19.8 Å². The van der Waals surface area contributed by atoms with E-state index in [4.69, 9.17) is 4.74 Å². The number of hydrogen-bond donors (Lipinski definition) is 1. The summed E-state index contributed by atoms with van der Waals surface area (Å²) < 4.78 is 10.00. The van der Waals surface area contributed by atoms with Crippen molar-refractivity contribution < 1.29 is 14.1 Å². The number of carbonyl (C=O) groups excluding carboxylic acids is 1. The molecule has 5 nitrogen and oxygen atoms in total. The highest BCUT2D eigenvalue weighted by Gasteiger charge is 2.28. The summed E-state index contributed by atoms with van der Waals surface area (Å²) in [5, 5.41) is 6.20. The van der Waals surface area contributed by atoms with Gasteiger partial charge in [0.1, 0.15) is 12.4 Å². The van der Waals surface area contributed by atoms with E-state index >= 15 is 0 Å². The molecule has 2 unspecified atom stereocenters. The molecule has 0 spiro atoms. The van der Waals surface area contributed by atoms with E-state index in [1.54, 1.807) is 6.07 Å². The van der Waals surface area contributed by atoms with Crippen molar-refractivity contribution in [1.82, 2.24) is 5.16 Å². The Bertz CT molecular complexity index is 310. The maximum atomic E-state index is 11.5. The zero-order valence-electron chi connectivity index (χ0n) is 7.90. The third-order valence-corrected chi connectivity index (χ3v) is 2.21. The van der Waals surface area contributed by atoms with Gasteiger partial charge < -0.3 is 14.6 Å². The van der Waals surface area contributed by atoms with Crippen LogP contribution in [-0.2, 0) is 9.53 Å². The number of ether oxygens (including phenoxy) is 1. The number of aromatic nitrogens is 1. The van der Waals surface area contributed by atoms with Gasteiger partial charge in [-0.3, -0.25) is 4.79 Å². The van der Waals surface area contributed by atoms with Gasteiger partial charge in [0.2, 0.25) is 0 Å². The summed E-state index contributed by atoms with van der Waals surface area (Å²) in [6.07, 6.45) is 2.93. The fourth-order valence-corrected chi connectivity index (χ4v) is 1.48. The first-order valence-corrected chi connectivity index (χ1v) is 4.62. The number of rotatable bonds is 2. The number of nitrogens with one attached hydrogen (secondary N) is 1. The van der Waals surface area contributed by atoms with Crippen LogP contribution in [0.15, 0.2) is 16.9 Å². The molecule has 1 amide bonds. The lowest BCUT2D eigenvalue weighted by Crippen LogP contribution is -2.27. The maximum absolute atomic E-state index is 11.5. The molecule has 1 aromatic heterocycles. The molecule has 2 heterocycles. The number of nitrogens with zero attached hydrogens (tertiary/aromatic N) is 1. The molecule has 0 radical (unpaired) electrons. The highest BCUT2D eigenvalue weighted by molar-refractivity contribution is 5.93. The van der Waals surface area contributed by atoms with Crippen LogP contribution in [0.1, 0.15) is 19.8 Å². The van der Waals surface area contributed by atoms with Crippen LogP contribution in [0.3, 0.4) is 0 Å². The fraction of sp³-hybridized carbons (Fsp3) is 0.556. The second kappa shape index (κ2) is 3.79. The Labute approximate surface area is 81.4 Å². The average Bonchev–Trinajstić information content (AvgIpc) is 2.75. The first-order valence-electron chi connectivity index (χ1n) is 4.62. The number of hydrogen-bond acceptors (Lipinski definition) is 4. The minimum atomic E-state index is -0.346. The second-order valence-corrected chi connectivity index (χ2v) is 3.39. The van der Waals surface area contributed by atoms with Gasteiger partial charge >= 0.3 is 0 Å². The molecule has 14 heavy (non-hydrogen) atoms. The third-order valence-electron chi connectivity index (χ3n) is 2.21. The van der Waals surface area contributed by atoms with Crippen molar-refractivity contribution in [3.8, 4) is 0 Å². The van der Waals surface area contributed by atoms with Crippen molar-refractivity contribution in [2.24, 2.45) is 0 Å². The van der Waals surface area contributed by atoms with Gasteiger partial charge in [0.15, 0.2) is 5.82 Å². The van der Waals surface area contributed by atoms with Crippen LogP contribution in [0.2, 0.25) is 0 Å². The summed E-state index contributed by atoms with van der Waals surface area (Å²) in [6.45, 7) is 1.96. The lowest BCUT2D eigenvalue weighted by molar-refractivity contribution is -0.126. The van der Waals surface area contributed by atoms with Gasteiger partial charge in [0, 0.05) is 6.07 Å². The molecule has 0 aliphatic carbocycles. The predicted molar refractivity (Wildman–Crippen MR) is 48.7 cm³/mol. The fourth-order valence-electron chi connectivity index (χ4n) is 1.48. The lowest BCUT2D eigenvalue weighted by Gasteiger charge is -2.09. The van der Waals surface area contributed by atoms with Crippen LogP contribution in [0.4, 0.5) is 5.82 Å². The van der Waals surface area contributed by atoms with Crippen LogP contribution in [-0.4, -0.2) is 23.3 Å². The Morgan fingerprint density at radius 3 is 3.07 bits per heavy atom. The molecule has 1 aromatic rings. The largest absolute Gasteiger partial charge is 0.365 e. The molecule has 1 aliphatic rings. The highest BCUT2D eigenvalue weighted by atomic mass is 16.5. The van der Waals surface area contributed by atoms with Crippen LogP contribution in [0.25, 0.3) is 0 Å². The first-order chi connectivity index (χ1) is 6.75. The predicted octanol–water partition coefficient (Wildman–Crippen LogP) is 1.18. The summed E-state index contributed by atoms with van der Waals surface area (Å²) in [5.74, 6) is 0.279. The van der Waals surface area contributed by atoms with Crippen molar-refractivity contribution in [3.63, 3.8) is 0 Å². The van der Waals surface area contributed by atoms with E-state index in [1.165, 1.54) is 6.26 Å². The smallest absolute Gasteiger partial charge is 0.254 e. The summed E-state index contributed by atoms with van der Waals surface area (Å²) in [6, 6.07) is 1.59. The Balaban J connectivity index is 1.90. The SMILES string of the molecule is CC1CCC(C(=O)Nc2ccon2)O1. The molecular formula is C9H12N2O3. The van der Waals surface area contributed by atoms with Crippen molar-refractivity contribution in [3.05, 3.63) is 12.3 Å². The number of carbonyl (C=O) groups is 1. The Kier molecular flexibility index (Phi) is 2.49. The first kappa shape index (κ1) is 9.21. The van der Waals surface area contributed by atoms with Crippen LogP contribution < -0.4 is 5.32 Å². The van der Waals surface area contributed by atoms with E-state index < -0.39 is 0 Å². The standard InChI is InChI=1S/C9H12N2O3/c1-6-2-3-7(14-6)9(12)10-8-4-5-13-11-8/h4-7H,2-3H2,1H3,(H,10,11,12). The van der Waals surface area contributed by atoms with Gasteiger partial charge in [0.05, 0.1) is 6.10 Å². The summed E-state index contributed by atoms with van der Waals surface area (Å²) >= 11 is 0. The molecule has 0 bridgehead atoms. The highest BCUT2D eigenvalue weighted by Crippen LogP contribution is 2.20. The minimum Gasteiger partial charge on any atom is -0.365 e. The molecule has 1 saturated heterocycles. The van der Waals surface area contributed by atoms with Gasteiger partial charge in [0.25, 0.3) is 5.91 Å². The third kappa shape index (κ3) is 1.93. The number of anilines is 1. The Morgan fingerprint density at radius 2 is 2.50 bits per heavy atom. The molecule has 1 aliphatic heterocycles. The van der Waals surface area contributed by atoms with E-state index in [0.29, 0.717) is 5.82 Å². The summed E-state index contributed by atoms with van der Waals surface area (Å²) in [4.78, 5) is 11.5. The van der Waals surface area contributed by atoms with E-state index in [-0.39, 0.29) is 18.1 Å². The van der Waals surface area contributed by atoms with Crippen molar-refractivity contribution in [2.75, 3.05) is 5.32 Å². The van der Waals surface area contributed by atoms with Gasteiger partial charge in [-0.1, -0.05) is 5.16 Å². The van der Waals surface area contributed by atoms with E-state index in [0.717, 1.165) is 12.8 Å². The van der Waals surface area contributed by atoms with Crippen molar-refractivity contribution in [2.45, 2.75) is 32.0 Å². The molecule has 1 N–H and O–H groups in total. The van der Waals surface area contributed by atoms with E-state index in [9.17, 15) is 4.79 Å². The maximum Gasteiger partial charge on any atom is 0.254 e. The average molecular weight is 196 g/mol. The molecule has 2 atom stereocenters. The molecule has 0 aromatic carbocycles. The van der Waals surface area contributed by atoms with Crippen LogP contribution in [0.5, 0.6) is 0 Å². The van der Waals surface area contributed by atoms with Crippen molar-refractivity contribution in [1.29, 1.82) is 0 Å². The van der Waals surface area contributed by atoms with Crippen LogP contribution in [0, 0.1) is 0 Å². The summed E-state index contributed by atoms with van der Waals surface area (Å²) in [7, 11) is 0. The molecule has 0 saturated carbocycles. The quantitative estimate of drug-likeness (QED) is 0.771. The van der Waals surface area contributed by atoms with Crippen LogP contribution >= 0.6 is 0 Å². The molecule has 76 valence electrons. The van der Waals surface area contributed by atoms with Gasteiger partial charge in [-0.15, -0.1) is 0 Å². The lowest BCUT2D eigenvalue weighted by atomic mass is 10.2. The second-order valence-electron chi connectivity index (χ2n) is 3.39. The molecule has 1 fully saturated rings. The number of amides is 1. The molecular weight excluding hydrogens is 184 g/mol. The molecule has 5 heteroatoms. The van der Waals surface area contributed by atoms with Gasteiger partial charge in [-0.2, -0.15) is 0 Å². The normalized spacial score (nSPS) is 26.4. The van der Waals surface area contributed by atoms with E-state index in [2.05, 4.69) is 15.0 Å². The monoisotopic (exact) mass is 196 g/mol. The molecule has 2 rings (SSSR count). The Morgan fingerprint density at radius 1 is 1.64 bits per heavy atom. The minimum absolute atomic E-state index is 0.150. The van der Waals surface area contributed by atoms with E-state index in [1.807, 2.05) is 6.92 Å².